The largest absolute Gasteiger partial charge is 0.356 e. The van der Waals surface area contributed by atoms with Gasteiger partial charge in [0.15, 0.2) is 0 Å². The lowest BCUT2D eigenvalue weighted by atomic mass is 9.94. The summed E-state index contributed by atoms with van der Waals surface area (Å²) >= 11 is 0. The highest BCUT2D eigenvalue weighted by molar-refractivity contribution is 5.77. The van der Waals surface area contributed by atoms with Crippen LogP contribution >= 0.6 is 0 Å². The molecule has 1 aliphatic rings. The van der Waals surface area contributed by atoms with E-state index in [-0.39, 0.29) is 11.8 Å². The van der Waals surface area contributed by atoms with E-state index in [0.717, 1.165) is 19.0 Å². The molecule has 0 heterocycles. The fourth-order valence-corrected chi connectivity index (χ4v) is 2.78. The van der Waals surface area contributed by atoms with Crippen LogP contribution in [0.4, 0.5) is 0 Å². The number of unbranched alkanes of at least 4 members (excludes halogenated alkanes) is 2. The Morgan fingerprint density at radius 3 is 2.47 bits per heavy atom. The Kier molecular flexibility index (Phi) is 8.11. The van der Waals surface area contributed by atoms with E-state index in [1.165, 1.54) is 51.5 Å². The van der Waals surface area contributed by atoms with E-state index in [1.54, 1.807) is 0 Å². The minimum absolute atomic E-state index is 0.109. The smallest absolute Gasteiger partial charge is 0.222 e. The van der Waals surface area contributed by atoms with Crippen molar-refractivity contribution < 1.29 is 4.79 Å². The number of nitrogens with one attached hydrogen (secondary N) is 1. The molecule has 1 saturated carbocycles. The molecule has 19 heavy (non-hydrogen) atoms. The zero-order chi connectivity index (χ0) is 14.1. The number of carbonyl (C=O) groups excluding carboxylic acids is 1. The summed E-state index contributed by atoms with van der Waals surface area (Å²) in [6, 6.07) is 0.828. The standard InChI is InChI=1S/C16H32N2O/c1-14(2)16(19)17-12-8-5-9-13-18(3)15-10-6-4-7-11-15/h14-15H,4-13H2,1-3H3,(H,17,19). The second-order valence-electron chi connectivity index (χ2n) is 6.28. The van der Waals surface area contributed by atoms with Crippen LogP contribution in [0, 0.1) is 5.92 Å². The van der Waals surface area contributed by atoms with Gasteiger partial charge >= 0.3 is 0 Å². The van der Waals surface area contributed by atoms with Crippen LogP contribution in [0.15, 0.2) is 0 Å². The van der Waals surface area contributed by atoms with Crippen molar-refractivity contribution in [1.29, 1.82) is 0 Å². The van der Waals surface area contributed by atoms with Crippen LogP contribution in [0.25, 0.3) is 0 Å². The molecule has 0 radical (unpaired) electrons. The molecule has 1 N–H and O–H groups in total. The van der Waals surface area contributed by atoms with E-state index in [0.29, 0.717) is 0 Å². The average Bonchev–Trinajstić information content (AvgIpc) is 2.42. The van der Waals surface area contributed by atoms with Gasteiger partial charge in [-0.3, -0.25) is 4.79 Å². The quantitative estimate of drug-likeness (QED) is 0.686. The highest BCUT2D eigenvalue weighted by Crippen LogP contribution is 2.21. The molecule has 0 aromatic rings. The number of hydrogen-bond donors (Lipinski definition) is 1. The molecule has 0 unspecified atom stereocenters. The molecule has 3 nitrogen and oxygen atoms in total. The molecule has 1 amide bonds. The summed E-state index contributed by atoms with van der Waals surface area (Å²) in [4.78, 5) is 13.9. The Balaban J connectivity index is 1.96. The number of amides is 1. The molecule has 1 rings (SSSR count). The molecule has 112 valence electrons. The van der Waals surface area contributed by atoms with Gasteiger partial charge in [0.05, 0.1) is 0 Å². The van der Waals surface area contributed by atoms with E-state index in [2.05, 4.69) is 17.3 Å². The van der Waals surface area contributed by atoms with E-state index in [9.17, 15) is 4.79 Å². The van der Waals surface area contributed by atoms with Crippen LogP contribution in [0.1, 0.15) is 65.2 Å². The monoisotopic (exact) mass is 268 g/mol. The van der Waals surface area contributed by atoms with Gasteiger partial charge in [-0.15, -0.1) is 0 Å². The third kappa shape index (κ3) is 6.95. The van der Waals surface area contributed by atoms with Gasteiger partial charge in [-0.2, -0.15) is 0 Å². The third-order valence-electron chi connectivity index (χ3n) is 4.21. The average molecular weight is 268 g/mol. The molecule has 0 aromatic heterocycles. The summed E-state index contributed by atoms with van der Waals surface area (Å²) in [7, 11) is 2.27. The molecule has 0 saturated heterocycles. The molecule has 0 atom stereocenters. The predicted octanol–water partition coefficient (Wildman–Crippen LogP) is 3.19. The third-order valence-corrected chi connectivity index (χ3v) is 4.21. The first-order valence-corrected chi connectivity index (χ1v) is 8.09. The van der Waals surface area contributed by atoms with Gasteiger partial charge < -0.3 is 10.2 Å². The first-order valence-electron chi connectivity index (χ1n) is 8.09. The normalized spacial score (nSPS) is 17.1. The van der Waals surface area contributed by atoms with Crippen LogP contribution in [0.2, 0.25) is 0 Å². The zero-order valence-electron chi connectivity index (χ0n) is 13.1. The SMILES string of the molecule is CC(C)C(=O)NCCCCCN(C)C1CCCCC1. The lowest BCUT2D eigenvalue weighted by molar-refractivity contribution is -0.123. The van der Waals surface area contributed by atoms with Gasteiger partial charge in [-0.25, -0.2) is 0 Å². The van der Waals surface area contributed by atoms with E-state index in [1.807, 2.05) is 13.8 Å². The summed E-state index contributed by atoms with van der Waals surface area (Å²) in [5.41, 5.74) is 0. The fraction of sp³-hybridized carbons (Fsp3) is 0.938. The maximum atomic E-state index is 11.4. The highest BCUT2D eigenvalue weighted by atomic mass is 16.1. The van der Waals surface area contributed by atoms with Crippen molar-refractivity contribution in [3.8, 4) is 0 Å². The molecule has 1 aliphatic carbocycles. The number of carbonyl (C=O) groups is 1. The highest BCUT2D eigenvalue weighted by Gasteiger charge is 2.17. The Morgan fingerprint density at radius 2 is 1.84 bits per heavy atom. The van der Waals surface area contributed by atoms with Crippen LogP contribution in [0.5, 0.6) is 0 Å². The van der Waals surface area contributed by atoms with Crippen LogP contribution in [-0.2, 0) is 4.79 Å². The maximum absolute atomic E-state index is 11.4. The zero-order valence-corrected chi connectivity index (χ0v) is 13.1. The molecule has 1 fully saturated rings. The number of rotatable bonds is 8. The summed E-state index contributed by atoms with van der Waals surface area (Å²) in [5.74, 6) is 0.289. The van der Waals surface area contributed by atoms with Crippen molar-refractivity contribution in [2.75, 3.05) is 20.1 Å². The Hall–Kier alpha value is -0.570. The first kappa shape index (κ1) is 16.5. The number of nitrogens with zero attached hydrogens (tertiary/aromatic N) is 1. The second kappa shape index (κ2) is 9.35. The molecule has 0 spiro atoms. The Bertz CT molecular complexity index is 247. The molecule has 0 bridgehead atoms. The Morgan fingerprint density at radius 1 is 1.16 bits per heavy atom. The van der Waals surface area contributed by atoms with Crippen molar-refractivity contribution in [2.45, 2.75) is 71.3 Å². The topological polar surface area (TPSA) is 32.3 Å². The second-order valence-corrected chi connectivity index (χ2v) is 6.28. The van der Waals surface area contributed by atoms with Gasteiger partial charge in [-0.05, 0) is 39.3 Å². The van der Waals surface area contributed by atoms with E-state index >= 15 is 0 Å². The van der Waals surface area contributed by atoms with Gasteiger partial charge in [0.2, 0.25) is 5.91 Å². The summed E-state index contributed by atoms with van der Waals surface area (Å²) in [6.07, 6.45) is 10.6. The van der Waals surface area contributed by atoms with Crippen molar-refractivity contribution in [2.24, 2.45) is 5.92 Å². The van der Waals surface area contributed by atoms with Crippen molar-refractivity contribution in [3.63, 3.8) is 0 Å². The van der Waals surface area contributed by atoms with Gasteiger partial charge in [0.25, 0.3) is 0 Å². The Labute approximate surface area is 119 Å². The lowest BCUT2D eigenvalue weighted by Gasteiger charge is -2.31. The lowest BCUT2D eigenvalue weighted by Crippen LogP contribution is -2.34. The van der Waals surface area contributed by atoms with E-state index < -0.39 is 0 Å². The molecular weight excluding hydrogens is 236 g/mol. The fourth-order valence-electron chi connectivity index (χ4n) is 2.78. The van der Waals surface area contributed by atoms with Crippen LogP contribution < -0.4 is 5.32 Å². The predicted molar refractivity (Wildman–Crippen MR) is 81.2 cm³/mol. The van der Waals surface area contributed by atoms with E-state index in [4.69, 9.17) is 0 Å². The van der Waals surface area contributed by atoms with Crippen molar-refractivity contribution >= 4 is 5.91 Å². The minimum atomic E-state index is 0.109. The first-order chi connectivity index (χ1) is 9.11. The summed E-state index contributed by atoms with van der Waals surface area (Å²) < 4.78 is 0. The molecular formula is C16H32N2O. The summed E-state index contributed by atoms with van der Waals surface area (Å²) in [6.45, 7) is 5.93. The summed E-state index contributed by atoms with van der Waals surface area (Å²) in [5, 5.41) is 2.98. The van der Waals surface area contributed by atoms with Gasteiger partial charge in [0.1, 0.15) is 0 Å². The molecule has 0 aliphatic heterocycles. The molecule has 3 heteroatoms. The maximum Gasteiger partial charge on any atom is 0.222 e. The van der Waals surface area contributed by atoms with Gasteiger partial charge in [0, 0.05) is 18.5 Å². The molecule has 0 aromatic carbocycles. The minimum Gasteiger partial charge on any atom is -0.356 e. The van der Waals surface area contributed by atoms with Crippen LogP contribution in [-0.4, -0.2) is 37.0 Å². The van der Waals surface area contributed by atoms with Crippen LogP contribution in [0.3, 0.4) is 0 Å². The van der Waals surface area contributed by atoms with Gasteiger partial charge in [-0.1, -0.05) is 39.5 Å². The van der Waals surface area contributed by atoms with Crippen molar-refractivity contribution in [1.82, 2.24) is 10.2 Å². The van der Waals surface area contributed by atoms with Crippen molar-refractivity contribution in [3.05, 3.63) is 0 Å². The number of hydrogen-bond acceptors (Lipinski definition) is 2.